The third-order valence-corrected chi connectivity index (χ3v) is 4.05. The molecule has 0 heterocycles. The molecular weight excluding hydrogens is 377 g/mol. The second-order valence-electron chi connectivity index (χ2n) is 6.62. The first kappa shape index (κ1) is 30.1. The van der Waals surface area contributed by atoms with Crippen LogP contribution in [-0.2, 0) is 9.59 Å². The molecule has 159 valence electrons. The number of hydrogen-bond acceptors (Lipinski definition) is 3. The molecule has 0 fully saturated rings. The van der Waals surface area contributed by atoms with Gasteiger partial charge >= 0.3 is 5.97 Å². The minimum atomic E-state index is -1.23. The summed E-state index contributed by atoms with van der Waals surface area (Å²) in [5.74, 6) is -1.58. The summed E-state index contributed by atoms with van der Waals surface area (Å²) < 4.78 is 0. The van der Waals surface area contributed by atoms with Crippen molar-refractivity contribution in [2.75, 3.05) is 6.61 Å². The van der Waals surface area contributed by atoms with Gasteiger partial charge in [0, 0.05) is 36.0 Å². The first-order valence-corrected chi connectivity index (χ1v) is 10.3. The van der Waals surface area contributed by atoms with Gasteiger partial charge in [0.15, 0.2) is 0 Å². The number of aliphatic carboxylic acids is 1. The number of unbranched alkanes of at least 4 members (excludes halogenated alkanes) is 4. The zero-order valence-corrected chi connectivity index (χ0v) is 20.2. The fraction of sp³-hybridized carbons (Fsp3) is 0.565. The molecule has 0 saturated heterocycles. The van der Waals surface area contributed by atoms with Crippen LogP contribution < -0.4 is 5.32 Å². The molecule has 0 aromatic rings. The number of carbonyl (C=O) groups excluding carboxylic acids is 1. The topological polar surface area (TPSA) is 86.6 Å². The maximum absolute atomic E-state index is 11.5. The molecule has 29 heavy (non-hydrogen) atoms. The van der Waals surface area contributed by atoms with E-state index in [1.165, 1.54) is 25.7 Å². The fourth-order valence-corrected chi connectivity index (χ4v) is 2.39. The molecular formula is C23H37NNaO4. The van der Waals surface area contributed by atoms with Crippen molar-refractivity contribution in [3.63, 3.8) is 0 Å². The molecule has 3 N–H and O–H groups in total. The van der Waals surface area contributed by atoms with Gasteiger partial charge in [0.1, 0.15) is 6.04 Å². The Labute approximate surface area is 198 Å². The summed E-state index contributed by atoms with van der Waals surface area (Å²) in [5.41, 5.74) is 0. The van der Waals surface area contributed by atoms with E-state index in [1.807, 2.05) is 6.08 Å². The van der Waals surface area contributed by atoms with E-state index in [0.29, 0.717) is 6.42 Å². The van der Waals surface area contributed by atoms with E-state index in [4.69, 9.17) is 10.2 Å². The van der Waals surface area contributed by atoms with E-state index in [9.17, 15) is 9.59 Å². The van der Waals surface area contributed by atoms with E-state index >= 15 is 0 Å². The van der Waals surface area contributed by atoms with Crippen molar-refractivity contribution in [1.29, 1.82) is 0 Å². The summed E-state index contributed by atoms with van der Waals surface area (Å²) in [7, 11) is 0. The molecule has 0 bridgehead atoms. The minimum Gasteiger partial charge on any atom is -0.480 e. The Morgan fingerprint density at radius 1 is 0.828 bits per heavy atom. The molecule has 0 aliphatic carbocycles. The molecule has 6 heteroatoms. The van der Waals surface area contributed by atoms with Crippen molar-refractivity contribution in [2.45, 2.75) is 77.2 Å². The number of carbonyl (C=O) groups is 2. The van der Waals surface area contributed by atoms with Crippen LogP contribution >= 0.6 is 0 Å². The van der Waals surface area contributed by atoms with E-state index in [0.717, 1.165) is 25.7 Å². The monoisotopic (exact) mass is 414 g/mol. The number of carboxylic acid groups (broad SMARTS) is 1. The average molecular weight is 415 g/mol. The van der Waals surface area contributed by atoms with Crippen LogP contribution in [-0.4, -0.2) is 64.3 Å². The Bertz CT molecular complexity index is 527. The van der Waals surface area contributed by atoms with Gasteiger partial charge in [-0.15, -0.1) is 0 Å². The number of amides is 1. The van der Waals surface area contributed by atoms with E-state index in [1.54, 1.807) is 0 Å². The normalized spacial score (nSPS) is 12.8. The van der Waals surface area contributed by atoms with Gasteiger partial charge in [-0.3, -0.25) is 4.79 Å². The molecule has 1 amide bonds. The molecule has 0 spiro atoms. The number of allylic oxidation sites excluding steroid dienone is 8. The molecule has 0 saturated carbocycles. The SMILES string of the molecule is CCCCC/C=C\C/C=C\C/C=C\C/C=C\CCCC(=O)N[C@@H](CO)C(=O)O.[Na]. The third kappa shape index (κ3) is 21.4. The second kappa shape index (κ2) is 23.1. The largest absolute Gasteiger partial charge is 0.480 e. The summed E-state index contributed by atoms with van der Waals surface area (Å²) in [5, 5.41) is 19.9. The van der Waals surface area contributed by atoms with E-state index in [2.05, 4.69) is 54.8 Å². The molecule has 0 aromatic carbocycles. The Balaban J connectivity index is 0. The van der Waals surface area contributed by atoms with Crippen molar-refractivity contribution in [2.24, 2.45) is 0 Å². The number of hydrogen-bond donors (Lipinski definition) is 3. The predicted molar refractivity (Wildman–Crippen MR) is 121 cm³/mol. The van der Waals surface area contributed by atoms with Crippen LogP contribution in [0.1, 0.15) is 71.1 Å². The summed E-state index contributed by atoms with van der Waals surface area (Å²) in [6.45, 7) is 1.62. The van der Waals surface area contributed by atoms with Crippen molar-refractivity contribution in [3.05, 3.63) is 48.6 Å². The van der Waals surface area contributed by atoms with Crippen LogP contribution in [0.25, 0.3) is 0 Å². The van der Waals surface area contributed by atoms with Crippen LogP contribution in [0.3, 0.4) is 0 Å². The predicted octanol–water partition coefficient (Wildman–Crippen LogP) is 4.31. The molecule has 0 aromatic heterocycles. The van der Waals surface area contributed by atoms with Crippen molar-refractivity contribution in [3.8, 4) is 0 Å². The molecule has 0 unspecified atom stereocenters. The third-order valence-electron chi connectivity index (χ3n) is 4.05. The van der Waals surface area contributed by atoms with Gasteiger partial charge < -0.3 is 15.5 Å². The van der Waals surface area contributed by atoms with Gasteiger partial charge in [-0.2, -0.15) is 0 Å². The van der Waals surface area contributed by atoms with Gasteiger partial charge in [0.2, 0.25) is 5.91 Å². The summed E-state index contributed by atoms with van der Waals surface area (Å²) in [4.78, 5) is 22.2. The zero-order chi connectivity index (χ0) is 20.9. The standard InChI is InChI=1S/C23H37NO4.Na/c1-2-3-4-5-6-7-8-9-10-11-12-13-14-15-16-17-18-19-22(26)24-21(20-25)23(27)28;/h6-7,9-10,12-13,15-16,21,25H,2-5,8,11,14,17-20H2,1H3,(H,24,26)(H,27,28);/b7-6-,10-9-,13-12-,16-15-;/t21-;/m0./s1. The number of aliphatic hydroxyl groups excluding tert-OH is 1. The van der Waals surface area contributed by atoms with Crippen molar-refractivity contribution in [1.82, 2.24) is 5.32 Å². The van der Waals surface area contributed by atoms with Gasteiger partial charge in [0.25, 0.3) is 0 Å². The first-order valence-electron chi connectivity index (χ1n) is 10.3. The summed E-state index contributed by atoms with van der Waals surface area (Å²) >= 11 is 0. The fourth-order valence-electron chi connectivity index (χ4n) is 2.39. The van der Waals surface area contributed by atoms with Crippen molar-refractivity contribution >= 4 is 41.4 Å². The number of carboxylic acids is 1. The van der Waals surface area contributed by atoms with E-state index in [-0.39, 0.29) is 41.9 Å². The van der Waals surface area contributed by atoms with Crippen LogP contribution in [0.4, 0.5) is 0 Å². The number of rotatable bonds is 17. The maximum Gasteiger partial charge on any atom is 0.328 e. The van der Waals surface area contributed by atoms with Crippen LogP contribution in [0, 0.1) is 0 Å². The summed E-state index contributed by atoms with van der Waals surface area (Å²) in [6, 6.07) is -1.22. The Morgan fingerprint density at radius 3 is 1.76 bits per heavy atom. The molecule has 1 atom stereocenters. The molecule has 1 radical (unpaired) electrons. The van der Waals surface area contributed by atoms with Gasteiger partial charge in [-0.1, -0.05) is 68.4 Å². The van der Waals surface area contributed by atoms with Gasteiger partial charge in [-0.05, 0) is 44.9 Å². The van der Waals surface area contributed by atoms with Crippen LogP contribution in [0.2, 0.25) is 0 Å². The molecule has 5 nitrogen and oxygen atoms in total. The number of aliphatic hydroxyl groups is 1. The van der Waals surface area contributed by atoms with Crippen molar-refractivity contribution < 1.29 is 19.8 Å². The quantitative estimate of drug-likeness (QED) is 0.188. The molecule has 0 rings (SSSR count). The second-order valence-corrected chi connectivity index (χ2v) is 6.62. The smallest absolute Gasteiger partial charge is 0.328 e. The van der Waals surface area contributed by atoms with Crippen LogP contribution in [0.15, 0.2) is 48.6 Å². The Hall–Kier alpha value is -1.14. The Morgan fingerprint density at radius 2 is 1.31 bits per heavy atom. The maximum atomic E-state index is 11.5. The number of nitrogens with one attached hydrogen (secondary N) is 1. The first-order chi connectivity index (χ1) is 13.6. The van der Waals surface area contributed by atoms with E-state index < -0.39 is 18.6 Å². The summed E-state index contributed by atoms with van der Waals surface area (Å²) in [6.07, 6.45) is 26.7. The van der Waals surface area contributed by atoms with Crippen LogP contribution in [0.5, 0.6) is 0 Å². The Kier molecular flexibility index (Phi) is 24.0. The van der Waals surface area contributed by atoms with Gasteiger partial charge in [0.05, 0.1) is 6.61 Å². The minimum absolute atomic E-state index is 0. The van der Waals surface area contributed by atoms with Gasteiger partial charge in [-0.25, -0.2) is 4.79 Å². The molecule has 0 aliphatic rings. The molecule has 0 aliphatic heterocycles. The average Bonchev–Trinajstić information content (AvgIpc) is 2.68. The zero-order valence-electron chi connectivity index (χ0n) is 18.2.